The average molecular weight is 270 g/mol. The van der Waals surface area contributed by atoms with E-state index in [1.165, 1.54) is 6.08 Å². The van der Waals surface area contributed by atoms with Gasteiger partial charge in [-0.2, -0.15) is 0 Å². The molecule has 0 aliphatic carbocycles. The third-order valence-corrected chi connectivity index (χ3v) is 2.53. The molecule has 0 unspecified atom stereocenters. The molecule has 0 aliphatic rings. The van der Waals surface area contributed by atoms with Crippen molar-refractivity contribution in [3.05, 3.63) is 34.9 Å². The summed E-state index contributed by atoms with van der Waals surface area (Å²) < 4.78 is 5.59. The molecule has 0 amide bonds. The Hall–Kier alpha value is -1.52. The van der Waals surface area contributed by atoms with Crippen LogP contribution in [0.1, 0.15) is 5.56 Å². The molecule has 0 saturated carbocycles. The van der Waals surface area contributed by atoms with E-state index in [0.717, 1.165) is 12.6 Å². The molecule has 0 bridgehead atoms. The minimum absolute atomic E-state index is 0.467. The second-order valence-corrected chi connectivity index (χ2v) is 4.38. The first-order valence-electron chi connectivity index (χ1n) is 5.47. The molecule has 0 fully saturated rings. The quantitative estimate of drug-likeness (QED) is 0.806. The van der Waals surface area contributed by atoms with Gasteiger partial charge in [-0.15, -0.1) is 0 Å². The van der Waals surface area contributed by atoms with Crippen LogP contribution in [0.15, 0.2) is 24.3 Å². The second-order valence-electron chi connectivity index (χ2n) is 3.97. The Bertz CT molecular complexity index is 444. The normalized spacial score (nSPS) is 11.1. The van der Waals surface area contributed by atoms with E-state index in [-0.39, 0.29) is 0 Å². The van der Waals surface area contributed by atoms with Crippen molar-refractivity contribution >= 4 is 23.6 Å². The van der Waals surface area contributed by atoms with Gasteiger partial charge in [-0.05, 0) is 32.3 Å². The zero-order valence-corrected chi connectivity index (χ0v) is 11.1. The van der Waals surface area contributed by atoms with Crippen LogP contribution >= 0.6 is 11.6 Å². The fourth-order valence-electron chi connectivity index (χ4n) is 1.30. The fourth-order valence-corrected chi connectivity index (χ4v) is 1.53. The summed E-state index contributed by atoms with van der Waals surface area (Å²) in [7, 11) is 3.90. The molecular formula is C13H16ClNO3. The smallest absolute Gasteiger partial charge is 0.328 e. The number of nitrogens with zero attached hydrogens (tertiary/aromatic N) is 1. The lowest BCUT2D eigenvalue weighted by molar-refractivity contribution is -0.131. The molecule has 0 spiro atoms. The summed E-state index contributed by atoms with van der Waals surface area (Å²) in [4.78, 5) is 12.5. The Morgan fingerprint density at radius 1 is 1.50 bits per heavy atom. The van der Waals surface area contributed by atoms with Crippen LogP contribution in [-0.2, 0) is 4.79 Å². The number of aliphatic carboxylic acids is 1. The van der Waals surface area contributed by atoms with Gasteiger partial charge in [-0.1, -0.05) is 17.7 Å². The molecule has 0 saturated heterocycles. The molecule has 5 heteroatoms. The van der Waals surface area contributed by atoms with Crippen LogP contribution in [-0.4, -0.2) is 43.2 Å². The van der Waals surface area contributed by atoms with Crippen LogP contribution in [0.4, 0.5) is 0 Å². The van der Waals surface area contributed by atoms with Crippen molar-refractivity contribution in [2.24, 2.45) is 0 Å². The molecule has 98 valence electrons. The summed E-state index contributed by atoms with van der Waals surface area (Å²) in [5.41, 5.74) is 0.584. The topological polar surface area (TPSA) is 49.8 Å². The maximum absolute atomic E-state index is 10.5. The molecule has 0 aromatic heterocycles. The third-order valence-electron chi connectivity index (χ3n) is 2.20. The molecule has 18 heavy (non-hydrogen) atoms. The highest BCUT2D eigenvalue weighted by Gasteiger charge is 2.06. The van der Waals surface area contributed by atoms with E-state index in [0.29, 0.717) is 22.9 Å². The maximum atomic E-state index is 10.5. The van der Waals surface area contributed by atoms with Gasteiger partial charge in [0.25, 0.3) is 0 Å². The highest BCUT2D eigenvalue weighted by atomic mass is 35.5. The van der Waals surface area contributed by atoms with Crippen LogP contribution < -0.4 is 4.74 Å². The molecule has 1 rings (SSSR count). The Morgan fingerprint density at radius 3 is 2.83 bits per heavy atom. The van der Waals surface area contributed by atoms with Crippen LogP contribution in [0.25, 0.3) is 6.08 Å². The fraction of sp³-hybridized carbons (Fsp3) is 0.308. The largest absolute Gasteiger partial charge is 0.492 e. The van der Waals surface area contributed by atoms with Gasteiger partial charge in [-0.3, -0.25) is 0 Å². The molecule has 0 radical (unpaired) electrons. The Balaban J connectivity index is 2.83. The van der Waals surface area contributed by atoms with Crippen molar-refractivity contribution in [2.75, 3.05) is 27.2 Å². The SMILES string of the molecule is CN(C)CCOc1cccc(Cl)c1/C=C/C(=O)O. The van der Waals surface area contributed by atoms with E-state index in [4.69, 9.17) is 21.4 Å². The van der Waals surface area contributed by atoms with Gasteiger partial charge < -0.3 is 14.7 Å². The van der Waals surface area contributed by atoms with E-state index in [9.17, 15) is 4.79 Å². The van der Waals surface area contributed by atoms with Crippen LogP contribution in [0.3, 0.4) is 0 Å². The van der Waals surface area contributed by atoms with E-state index >= 15 is 0 Å². The Kier molecular flexibility index (Phi) is 5.68. The molecule has 1 aromatic rings. The summed E-state index contributed by atoms with van der Waals surface area (Å²) >= 11 is 6.02. The van der Waals surface area contributed by atoms with Crippen molar-refractivity contribution in [2.45, 2.75) is 0 Å². The minimum Gasteiger partial charge on any atom is -0.492 e. The van der Waals surface area contributed by atoms with E-state index in [2.05, 4.69) is 0 Å². The third kappa shape index (κ3) is 4.77. The number of hydrogen-bond donors (Lipinski definition) is 1. The monoisotopic (exact) mass is 269 g/mol. The second kappa shape index (κ2) is 7.03. The molecule has 4 nitrogen and oxygen atoms in total. The molecule has 1 aromatic carbocycles. The number of likely N-dealkylation sites (N-methyl/N-ethyl adjacent to an activating group) is 1. The van der Waals surface area contributed by atoms with E-state index in [1.807, 2.05) is 19.0 Å². The number of rotatable bonds is 6. The van der Waals surface area contributed by atoms with Crippen LogP contribution in [0.5, 0.6) is 5.75 Å². The van der Waals surface area contributed by atoms with Gasteiger partial charge in [0.05, 0.1) is 5.02 Å². The number of carbonyl (C=O) groups is 1. The van der Waals surface area contributed by atoms with Crippen molar-refractivity contribution in [3.8, 4) is 5.75 Å². The van der Waals surface area contributed by atoms with Crippen LogP contribution in [0, 0.1) is 0 Å². The zero-order chi connectivity index (χ0) is 13.5. The summed E-state index contributed by atoms with van der Waals surface area (Å²) in [6, 6.07) is 5.23. The summed E-state index contributed by atoms with van der Waals surface area (Å²) in [6.45, 7) is 1.29. The summed E-state index contributed by atoms with van der Waals surface area (Å²) in [6.07, 6.45) is 2.48. The first-order valence-corrected chi connectivity index (χ1v) is 5.85. The van der Waals surface area contributed by atoms with E-state index < -0.39 is 5.97 Å². The number of ether oxygens (including phenoxy) is 1. The van der Waals surface area contributed by atoms with Gasteiger partial charge in [0.15, 0.2) is 0 Å². The standard InChI is InChI=1S/C13H16ClNO3/c1-15(2)8-9-18-12-5-3-4-11(14)10(12)6-7-13(16)17/h3-7H,8-9H2,1-2H3,(H,16,17)/b7-6+. The van der Waals surface area contributed by atoms with Crippen molar-refractivity contribution < 1.29 is 14.6 Å². The molecule has 1 N–H and O–H groups in total. The lowest BCUT2D eigenvalue weighted by Crippen LogP contribution is -2.19. The predicted molar refractivity (Wildman–Crippen MR) is 72.2 cm³/mol. The molecule has 0 atom stereocenters. The lowest BCUT2D eigenvalue weighted by Gasteiger charge is -2.13. The molecule has 0 heterocycles. The van der Waals surface area contributed by atoms with E-state index in [1.54, 1.807) is 18.2 Å². The number of benzene rings is 1. The van der Waals surface area contributed by atoms with Gasteiger partial charge >= 0.3 is 5.97 Å². The zero-order valence-electron chi connectivity index (χ0n) is 10.4. The van der Waals surface area contributed by atoms with Gasteiger partial charge in [0.1, 0.15) is 12.4 Å². The van der Waals surface area contributed by atoms with Gasteiger partial charge in [-0.25, -0.2) is 4.79 Å². The highest BCUT2D eigenvalue weighted by molar-refractivity contribution is 6.32. The number of hydrogen-bond acceptors (Lipinski definition) is 3. The minimum atomic E-state index is -1.02. The summed E-state index contributed by atoms with van der Waals surface area (Å²) in [5, 5.41) is 9.10. The number of carboxylic acids is 1. The lowest BCUT2D eigenvalue weighted by atomic mass is 10.2. The molecular weight excluding hydrogens is 254 g/mol. The first-order chi connectivity index (χ1) is 8.50. The average Bonchev–Trinajstić information content (AvgIpc) is 2.27. The first kappa shape index (κ1) is 14.5. The Labute approximate surface area is 111 Å². The molecule has 0 aliphatic heterocycles. The van der Waals surface area contributed by atoms with Crippen LogP contribution in [0.2, 0.25) is 5.02 Å². The van der Waals surface area contributed by atoms with Crippen molar-refractivity contribution in [3.63, 3.8) is 0 Å². The predicted octanol–water partition coefficient (Wildman–Crippen LogP) is 2.38. The maximum Gasteiger partial charge on any atom is 0.328 e. The van der Waals surface area contributed by atoms with Crippen molar-refractivity contribution in [1.82, 2.24) is 4.90 Å². The van der Waals surface area contributed by atoms with Gasteiger partial charge in [0.2, 0.25) is 0 Å². The number of halogens is 1. The highest BCUT2D eigenvalue weighted by Crippen LogP contribution is 2.27. The Morgan fingerprint density at radius 2 is 2.22 bits per heavy atom. The van der Waals surface area contributed by atoms with Gasteiger partial charge in [0, 0.05) is 18.2 Å². The number of carboxylic acid groups (broad SMARTS) is 1. The van der Waals surface area contributed by atoms with Crippen molar-refractivity contribution in [1.29, 1.82) is 0 Å². The summed E-state index contributed by atoms with van der Waals surface area (Å²) in [5.74, 6) is -0.434.